The molecule has 2 aromatic rings. The summed E-state index contributed by atoms with van der Waals surface area (Å²) in [6, 6.07) is 15.5. The van der Waals surface area contributed by atoms with Gasteiger partial charge in [-0.3, -0.25) is 9.59 Å². The van der Waals surface area contributed by atoms with Crippen LogP contribution >= 0.6 is 0 Å². The van der Waals surface area contributed by atoms with Gasteiger partial charge in [-0.2, -0.15) is 0 Å². The molecule has 180 valence electrons. The van der Waals surface area contributed by atoms with Gasteiger partial charge < -0.3 is 20.1 Å². The molecule has 1 aliphatic heterocycles. The van der Waals surface area contributed by atoms with Gasteiger partial charge in [-0.15, -0.1) is 0 Å². The molecule has 2 unspecified atom stereocenters. The van der Waals surface area contributed by atoms with Crippen molar-refractivity contribution in [2.45, 2.75) is 45.6 Å². The van der Waals surface area contributed by atoms with Crippen LogP contribution in [0.1, 0.15) is 50.7 Å². The first-order valence-corrected chi connectivity index (χ1v) is 11.9. The molecule has 2 aliphatic rings. The van der Waals surface area contributed by atoms with Gasteiger partial charge in [0, 0.05) is 19.0 Å². The van der Waals surface area contributed by atoms with Crippen molar-refractivity contribution in [3.05, 3.63) is 59.7 Å². The van der Waals surface area contributed by atoms with Crippen LogP contribution < -0.4 is 5.32 Å². The van der Waals surface area contributed by atoms with Gasteiger partial charge in [0.25, 0.3) is 0 Å². The first-order valence-electron chi connectivity index (χ1n) is 11.9. The van der Waals surface area contributed by atoms with Crippen LogP contribution in [0.2, 0.25) is 0 Å². The van der Waals surface area contributed by atoms with E-state index in [9.17, 15) is 19.5 Å². The van der Waals surface area contributed by atoms with Gasteiger partial charge in [0.1, 0.15) is 12.6 Å². The molecule has 0 aromatic heterocycles. The van der Waals surface area contributed by atoms with Crippen LogP contribution in [0, 0.1) is 11.3 Å². The zero-order chi connectivity index (χ0) is 24.5. The maximum absolute atomic E-state index is 13.2. The first kappa shape index (κ1) is 23.8. The van der Waals surface area contributed by atoms with Crippen LogP contribution in [0.25, 0.3) is 11.1 Å². The molecule has 0 bridgehead atoms. The third kappa shape index (κ3) is 4.39. The summed E-state index contributed by atoms with van der Waals surface area (Å²) in [5, 5.41) is 12.3. The average Bonchev–Trinajstić information content (AvgIpc) is 3.40. The summed E-state index contributed by atoms with van der Waals surface area (Å²) in [5.74, 6) is -1.35. The van der Waals surface area contributed by atoms with Crippen molar-refractivity contribution in [2.24, 2.45) is 11.3 Å². The molecule has 0 spiro atoms. The van der Waals surface area contributed by atoms with Crippen LogP contribution in [0.15, 0.2) is 48.5 Å². The Labute approximate surface area is 200 Å². The lowest BCUT2D eigenvalue weighted by Gasteiger charge is -2.29. The third-order valence-corrected chi connectivity index (χ3v) is 7.40. The van der Waals surface area contributed by atoms with Crippen LogP contribution in [0.5, 0.6) is 0 Å². The number of carbonyl (C=O) groups is 3. The van der Waals surface area contributed by atoms with Crippen LogP contribution in [0.4, 0.5) is 4.79 Å². The van der Waals surface area contributed by atoms with Crippen molar-refractivity contribution in [3.63, 3.8) is 0 Å². The van der Waals surface area contributed by atoms with Gasteiger partial charge in [0.2, 0.25) is 5.91 Å². The number of nitrogens with zero attached hydrogens (tertiary/aromatic N) is 1. The Morgan fingerprint density at radius 2 is 1.71 bits per heavy atom. The van der Waals surface area contributed by atoms with E-state index >= 15 is 0 Å². The fraction of sp³-hybridized carbons (Fsp3) is 0.444. The van der Waals surface area contributed by atoms with Crippen molar-refractivity contribution in [1.29, 1.82) is 0 Å². The summed E-state index contributed by atoms with van der Waals surface area (Å²) in [4.78, 5) is 39.2. The Balaban J connectivity index is 1.43. The maximum atomic E-state index is 13.2. The summed E-state index contributed by atoms with van der Waals surface area (Å²) in [6.07, 6.45) is 0.441. The van der Waals surface area contributed by atoms with E-state index < -0.39 is 23.5 Å². The van der Waals surface area contributed by atoms with E-state index in [-0.39, 0.29) is 30.9 Å². The minimum absolute atomic E-state index is 0.0641. The highest BCUT2D eigenvalue weighted by molar-refractivity contribution is 5.87. The van der Waals surface area contributed by atoms with Gasteiger partial charge >= 0.3 is 12.1 Å². The summed E-state index contributed by atoms with van der Waals surface area (Å²) >= 11 is 0. The molecule has 0 radical (unpaired) electrons. The van der Waals surface area contributed by atoms with E-state index in [1.54, 1.807) is 11.8 Å². The zero-order valence-electron chi connectivity index (χ0n) is 19.9. The highest BCUT2D eigenvalue weighted by atomic mass is 16.5. The van der Waals surface area contributed by atoms with Gasteiger partial charge in [-0.05, 0) is 41.5 Å². The highest BCUT2D eigenvalue weighted by Crippen LogP contribution is 2.44. The lowest BCUT2D eigenvalue weighted by molar-refractivity contribution is -0.147. The number of hydrogen-bond donors (Lipinski definition) is 2. The van der Waals surface area contributed by atoms with Gasteiger partial charge in [-0.1, -0.05) is 68.8 Å². The molecule has 2 aromatic carbocycles. The predicted molar refractivity (Wildman–Crippen MR) is 128 cm³/mol. The standard InChI is InChI=1S/C27H32N2O5/c1-4-17(2)23(24(30)29-14-13-27(3,16-29)25(31)32)28-26(33)34-15-22-20-11-7-5-9-18(20)19-10-6-8-12-21(19)22/h5-12,17,22-23H,4,13-16H2,1-3H3,(H,28,33)(H,31,32)/t17?,23-,27?/m0/s1. The molecule has 1 aliphatic carbocycles. The van der Waals surface area contributed by atoms with Crippen molar-refractivity contribution in [2.75, 3.05) is 19.7 Å². The number of nitrogens with one attached hydrogen (secondary N) is 1. The number of carbonyl (C=O) groups excluding carboxylic acids is 2. The minimum atomic E-state index is -0.959. The molecular weight excluding hydrogens is 432 g/mol. The lowest BCUT2D eigenvalue weighted by atomic mass is 9.90. The Hall–Kier alpha value is -3.35. The quantitative estimate of drug-likeness (QED) is 0.638. The maximum Gasteiger partial charge on any atom is 0.407 e. The van der Waals surface area contributed by atoms with Crippen molar-refractivity contribution < 1.29 is 24.2 Å². The number of benzene rings is 2. The summed E-state index contributed by atoms with van der Waals surface area (Å²) in [5.41, 5.74) is 3.58. The molecule has 1 saturated heterocycles. The fourth-order valence-corrected chi connectivity index (χ4v) is 4.97. The Morgan fingerprint density at radius 3 is 2.24 bits per heavy atom. The normalized spacial score (nSPS) is 20.9. The zero-order valence-corrected chi connectivity index (χ0v) is 19.9. The largest absolute Gasteiger partial charge is 0.481 e. The number of ether oxygens (including phenoxy) is 1. The molecule has 0 saturated carbocycles. The molecule has 2 amide bonds. The summed E-state index contributed by atoms with van der Waals surface area (Å²) < 4.78 is 5.64. The Morgan fingerprint density at radius 1 is 1.12 bits per heavy atom. The second-order valence-corrected chi connectivity index (χ2v) is 9.71. The number of aliphatic carboxylic acids is 1. The molecule has 1 heterocycles. The summed E-state index contributed by atoms with van der Waals surface area (Å²) in [7, 11) is 0. The SMILES string of the molecule is CCC(C)[C@H](NC(=O)OCC1c2ccccc2-c2ccccc21)C(=O)N1CCC(C)(C(=O)O)C1. The molecule has 7 heteroatoms. The monoisotopic (exact) mass is 464 g/mol. The van der Waals surface area contributed by atoms with E-state index in [4.69, 9.17) is 4.74 Å². The first-order chi connectivity index (χ1) is 16.2. The van der Waals surface area contributed by atoms with E-state index in [1.807, 2.05) is 38.1 Å². The van der Waals surface area contributed by atoms with E-state index in [2.05, 4.69) is 29.6 Å². The number of carboxylic acid groups (broad SMARTS) is 1. The number of rotatable bonds is 7. The molecule has 1 fully saturated rings. The lowest BCUT2D eigenvalue weighted by Crippen LogP contribution is -2.52. The Kier molecular flexibility index (Phi) is 6.64. The van der Waals surface area contributed by atoms with Crippen LogP contribution in [-0.4, -0.2) is 53.7 Å². The van der Waals surface area contributed by atoms with Crippen molar-refractivity contribution in [1.82, 2.24) is 10.2 Å². The predicted octanol–water partition coefficient (Wildman–Crippen LogP) is 4.26. The van der Waals surface area contributed by atoms with Crippen LogP contribution in [0.3, 0.4) is 0 Å². The molecule has 4 rings (SSSR count). The highest BCUT2D eigenvalue weighted by Gasteiger charge is 2.44. The second kappa shape index (κ2) is 9.49. The second-order valence-electron chi connectivity index (χ2n) is 9.71. The van der Waals surface area contributed by atoms with E-state index in [0.29, 0.717) is 19.4 Å². The fourth-order valence-electron chi connectivity index (χ4n) is 4.97. The Bertz CT molecular complexity index is 1050. The minimum Gasteiger partial charge on any atom is -0.481 e. The number of amides is 2. The van der Waals surface area contributed by atoms with E-state index in [0.717, 1.165) is 22.3 Å². The molecule has 3 atom stereocenters. The smallest absolute Gasteiger partial charge is 0.407 e. The molecule has 7 nitrogen and oxygen atoms in total. The van der Waals surface area contributed by atoms with E-state index in [1.165, 1.54) is 0 Å². The molecule has 2 N–H and O–H groups in total. The van der Waals surface area contributed by atoms with Gasteiger partial charge in [0.15, 0.2) is 0 Å². The van der Waals surface area contributed by atoms with Crippen molar-refractivity contribution in [3.8, 4) is 11.1 Å². The van der Waals surface area contributed by atoms with Crippen molar-refractivity contribution >= 4 is 18.0 Å². The number of fused-ring (bicyclic) bond motifs is 3. The van der Waals surface area contributed by atoms with Gasteiger partial charge in [0.05, 0.1) is 5.41 Å². The topological polar surface area (TPSA) is 95.9 Å². The summed E-state index contributed by atoms with van der Waals surface area (Å²) in [6.45, 7) is 6.18. The van der Waals surface area contributed by atoms with Crippen LogP contribution in [-0.2, 0) is 14.3 Å². The number of likely N-dealkylation sites (tertiary alicyclic amines) is 1. The molecular formula is C27H32N2O5. The number of hydrogen-bond acceptors (Lipinski definition) is 4. The third-order valence-electron chi connectivity index (χ3n) is 7.40. The van der Waals surface area contributed by atoms with Gasteiger partial charge in [-0.25, -0.2) is 4.79 Å². The number of alkyl carbamates (subject to hydrolysis) is 1. The average molecular weight is 465 g/mol. The number of carboxylic acids is 1. The molecule has 34 heavy (non-hydrogen) atoms.